The van der Waals surface area contributed by atoms with Crippen LogP contribution in [0.15, 0.2) is 59.5 Å². The Bertz CT molecular complexity index is 779. The summed E-state index contributed by atoms with van der Waals surface area (Å²) < 4.78 is 0. The van der Waals surface area contributed by atoms with Crippen molar-refractivity contribution in [3.63, 3.8) is 0 Å². The van der Waals surface area contributed by atoms with Crippen molar-refractivity contribution in [3.8, 4) is 0 Å². The van der Waals surface area contributed by atoms with Gasteiger partial charge in [-0.25, -0.2) is 0 Å². The van der Waals surface area contributed by atoms with Crippen LogP contribution in [0.25, 0.3) is 0 Å². The van der Waals surface area contributed by atoms with Crippen LogP contribution in [0, 0.1) is 5.92 Å². The van der Waals surface area contributed by atoms with Gasteiger partial charge in [-0.15, -0.1) is 11.8 Å². The molecular formula is C21H24N2O2S. The Kier molecular flexibility index (Phi) is 5.99. The molecule has 1 aliphatic heterocycles. The maximum absolute atomic E-state index is 13.3. The summed E-state index contributed by atoms with van der Waals surface area (Å²) in [6.07, 6.45) is 0.758. The molecule has 0 bridgehead atoms. The largest absolute Gasteiger partial charge is 0.343 e. The first-order chi connectivity index (χ1) is 12.6. The molecular weight excluding hydrogens is 344 g/mol. The highest BCUT2D eigenvalue weighted by Crippen LogP contribution is 2.35. The minimum atomic E-state index is -0.516. The Morgan fingerprint density at radius 1 is 1.19 bits per heavy atom. The number of amides is 2. The van der Waals surface area contributed by atoms with Crippen molar-refractivity contribution in [1.82, 2.24) is 5.32 Å². The highest BCUT2D eigenvalue weighted by molar-refractivity contribution is 7.99. The number of thioether (sulfide) groups is 1. The number of nitrogens with one attached hydrogen (secondary N) is 1. The van der Waals surface area contributed by atoms with Crippen LogP contribution in [0.3, 0.4) is 0 Å². The molecule has 26 heavy (non-hydrogen) atoms. The smallest absolute Gasteiger partial charge is 0.250 e. The van der Waals surface area contributed by atoms with E-state index in [9.17, 15) is 9.59 Å². The van der Waals surface area contributed by atoms with Gasteiger partial charge in [-0.3, -0.25) is 9.59 Å². The van der Waals surface area contributed by atoms with E-state index in [1.54, 1.807) is 16.7 Å². The lowest BCUT2D eigenvalue weighted by atomic mass is 10.1. The third kappa shape index (κ3) is 4.10. The Morgan fingerprint density at radius 2 is 1.88 bits per heavy atom. The maximum Gasteiger partial charge on any atom is 0.250 e. The van der Waals surface area contributed by atoms with Crippen molar-refractivity contribution in [1.29, 1.82) is 0 Å². The van der Waals surface area contributed by atoms with Gasteiger partial charge in [0.1, 0.15) is 6.04 Å². The summed E-state index contributed by atoms with van der Waals surface area (Å²) in [6.45, 7) is 4.36. The van der Waals surface area contributed by atoms with E-state index in [0.717, 1.165) is 22.6 Å². The summed E-state index contributed by atoms with van der Waals surface area (Å²) in [6, 6.07) is 17.4. The second-order valence-electron chi connectivity index (χ2n) is 6.56. The molecule has 0 fully saturated rings. The first-order valence-electron chi connectivity index (χ1n) is 8.97. The van der Waals surface area contributed by atoms with Gasteiger partial charge < -0.3 is 10.2 Å². The van der Waals surface area contributed by atoms with E-state index < -0.39 is 6.04 Å². The van der Waals surface area contributed by atoms with Crippen LogP contribution >= 0.6 is 11.8 Å². The van der Waals surface area contributed by atoms with Gasteiger partial charge >= 0.3 is 0 Å². The van der Waals surface area contributed by atoms with Crippen molar-refractivity contribution in [2.45, 2.75) is 37.8 Å². The van der Waals surface area contributed by atoms with Gasteiger partial charge in [-0.05, 0) is 24.1 Å². The van der Waals surface area contributed by atoms with Crippen LogP contribution in [-0.2, 0) is 16.1 Å². The van der Waals surface area contributed by atoms with Crippen molar-refractivity contribution in [2.75, 3.05) is 10.7 Å². The van der Waals surface area contributed by atoms with E-state index in [2.05, 4.69) is 5.32 Å². The fraction of sp³-hybridized carbons (Fsp3) is 0.333. The first kappa shape index (κ1) is 18.5. The zero-order valence-electron chi connectivity index (χ0n) is 15.1. The lowest BCUT2D eigenvalue weighted by Gasteiger charge is -2.26. The van der Waals surface area contributed by atoms with Crippen LogP contribution in [0.5, 0.6) is 0 Å². The van der Waals surface area contributed by atoms with Crippen molar-refractivity contribution >= 4 is 29.3 Å². The predicted molar refractivity (Wildman–Crippen MR) is 106 cm³/mol. The molecule has 3 rings (SSSR count). The quantitative estimate of drug-likeness (QED) is 0.872. The van der Waals surface area contributed by atoms with Crippen LogP contribution in [0.2, 0.25) is 0 Å². The summed E-state index contributed by atoms with van der Waals surface area (Å²) in [4.78, 5) is 28.5. The van der Waals surface area contributed by atoms with E-state index in [-0.39, 0.29) is 17.7 Å². The lowest BCUT2D eigenvalue weighted by molar-refractivity contribution is -0.129. The van der Waals surface area contributed by atoms with E-state index in [1.807, 2.05) is 68.4 Å². The second-order valence-corrected chi connectivity index (χ2v) is 7.62. The second kappa shape index (κ2) is 8.41. The van der Waals surface area contributed by atoms with Crippen LogP contribution in [-0.4, -0.2) is 23.6 Å². The number of anilines is 1. The molecule has 0 saturated carbocycles. The molecule has 2 aromatic rings. The summed E-state index contributed by atoms with van der Waals surface area (Å²) >= 11 is 1.62. The van der Waals surface area contributed by atoms with Crippen molar-refractivity contribution < 1.29 is 9.59 Å². The summed E-state index contributed by atoms with van der Waals surface area (Å²) in [5, 5.41) is 2.96. The summed E-state index contributed by atoms with van der Waals surface area (Å²) in [5.74, 6) is 0.338. The Labute approximate surface area is 159 Å². The van der Waals surface area contributed by atoms with Gasteiger partial charge in [0, 0.05) is 16.6 Å². The van der Waals surface area contributed by atoms with Crippen LogP contribution in [0.4, 0.5) is 5.69 Å². The lowest BCUT2D eigenvalue weighted by Crippen LogP contribution is -2.50. The zero-order chi connectivity index (χ0) is 18.5. The average Bonchev–Trinajstić information content (AvgIpc) is 2.80. The molecule has 1 N–H and O–H groups in total. The van der Waals surface area contributed by atoms with E-state index in [1.165, 1.54) is 0 Å². The molecule has 2 aromatic carbocycles. The minimum Gasteiger partial charge on any atom is -0.343 e. The molecule has 1 heterocycles. The average molecular weight is 369 g/mol. The zero-order valence-corrected chi connectivity index (χ0v) is 16.0. The molecule has 1 aliphatic rings. The van der Waals surface area contributed by atoms with Crippen LogP contribution in [0.1, 0.15) is 25.8 Å². The number of carbonyl (C=O) groups excluding carboxylic acids is 2. The van der Waals surface area contributed by atoms with E-state index >= 15 is 0 Å². The third-order valence-corrected chi connectivity index (χ3v) is 5.84. The molecule has 0 aromatic heterocycles. The van der Waals surface area contributed by atoms with Gasteiger partial charge in [-0.2, -0.15) is 0 Å². The predicted octanol–water partition coefficient (Wildman–Crippen LogP) is 3.86. The maximum atomic E-state index is 13.3. The minimum absolute atomic E-state index is 0.0528. The van der Waals surface area contributed by atoms with Crippen LogP contribution < -0.4 is 10.2 Å². The standard InChI is InChI=1S/C21H24N2O2S/c1-3-15(2)20(24)22-17-14-26-19-12-8-7-11-18(19)23(21(17)25)13-16-9-5-4-6-10-16/h4-12,15,17H,3,13-14H2,1-2H3,(H,22,24)/t15-,17?/m1/s1. The molecule has 0 spiro atoms. The molecule has 0 saturated heterocycles. The first-order valence-corrected chi connectivity index (χ1v) is 9.96. The van der Waals surface area contributed by atoms with Crippen molar-refractivity contribution in [2.24, 2.45) is 5.92 Å². The Balaban J connectivity index is 1.89. The normalized spacial score (nSPS) is 18.0. The van der Waals surface area contributed by atoms with Gasteiger partial charge in [0.25, 0.3) is 5.91 Å². The third-order valence-electron chi connectivity index (χ3n) is 4.69. The summed E-state index contributed by atoms with van der Waals surface area (Å²) in [5.41, 5.74) is 1.97. The Morgan fingerprint density at radius 3 is 2.62 bits per heavy atom. The Hall–Kier alpha value is -2.27. The van der Waals surface area contributed by atoms with Crippen molar-refractivity contribution in [3.05, 3.63) is 60.2 Å². The molecule has 4 nitrogen and oxygen atoms in total. The van der Waals surface area contributed by atoms with Gasteiger partial charge in [0.2, 0.25) is 5.91 Å². The monoisotopic (exact) mass is 368 g/mol. The van der Waals surface area contributed by atoms with Gasteiger partial charge in [0.05, 0.1) is 12.2 Å². The molecule has 2 atom stereocenters. The molecule has 2 amide bonds. The number of para-hydroxylation sites is 1. The van der Waals surface area contributed by atoms with E-state index in [0.29, 0.717) is 12.3 Å². The summed E-state index contributed by atoms with van der Waals surface area (Å²) in [7, 11) is 0. The number of hydrogen-bond acceptors (Lipinski definition) is 3. The van der Waals surface area contributed by atoms with Gasteiger partial charge in [0.15, 0.2) is 0 Å². The number of hydrogen-bond donors (Lipinski definition) is 1. The number of carbonyl (C=O) groups is 2. The molecule has 136 valence electrons. The molecule has 1 unspecified atom stereocenters. The fourth-order valence-electron chi connectivity index (χ4n) is 2.89. The van der Waals surface area contributed by atoms with E-state index in [4.69, 9.17) is 0 Å². The highest BCUT2D eigenvalue weighted by Gasteiger charge is 2.32. The van der Waals surface area contributed by atoms with Gasteiger partial charge in [-0.1, -0.05) is 56.3 Å². The SMILES string of the molecule is CC[C@@H](C)C(=O)NC1CSc2ccccc2N(Cc2ccccc2)C1=O. The highest BCUT2D eigenvalue weighted by atomic mass is 32.2. The molecule has 0 radical (unpaired) electrons. The number of fused-ring (bicyclic) bond motifs is 1. The fourth-order valence-corrected chi connectivity index (χ4v) is 3.96. The number of nitrogens with zero attached hydrogens (tertiary/aromatic N) is 1. The molecule has 5 heteroatoms. The molecule has 0 aliphatic carbocycles. The number of rotatable bonds is 5. The number of benzene rings is 2. The topological polar surface area (TPSA) is 49.4 Å².